The molecule has 5 rings (SSSR count). The summed E-state index contributed by atoms with van der Waals surface area (Å²) in [6.45, 7) is 4.25. The van der Waals surface area contributed by atoms with Gasteiger partial charge in [0.15, 0.2) is 0 Å². The first-order valence-electron chi connectivity index (χ1n) is 18.2. The number of hydrogen-bond acceptors (Lipinski definition) is 14. The summed E-state index contributed by atoms with van der Waals surface area (Å²) in [5.41, 5.74) is 25.9. The number of carbonyl (C=O) groups is 1. The van der Waals surface area contributed by atoms with E-state index in [-0.39, 0.29) is 52.4 Å². The van der Waals surface area contributed by atoms with E-state index in [1.807, 2.05) is 9.80 Å². The van der Waals surface area contributed by atoms with E-state index >= 15 is 0 Å². The molecule has 16 nitrogen and oxygen atoms in total. The van der Waals surface area contributed by atoms with Gasteiger partial charge in [0.1, 0.15) is 5.75 Å². The van der Waals surface area contributed by atoms with Crippen LogP contribution in [0.15, 0.2) is 47.4 Å². The molecule has 0 radical (unpaired) electrons. The molecule has 1 aromatic heterocycles. The van der Waals surface area contributed by atoms with Crippen LogP contribution in [0, 0.1) is 0 Å². The predicted molar refractivity (Wildman–Crippen MR) is 205 cm³/mol. The van der Waals surface area contributed by atoms with Crippen molar-refractivity contribution in [1.29, 1.82) is 0 Å². The fourth-order valence-electron chi connectivity index (χ4n) is 6.59. The number of nitrogens with one attached hydrogen (secondary N) is 3. The molecular weight excluding hydrogens is 685 g/mol. The van der Waals surface area contributed by atoms with Crippen molar-refractivity contribution in [2.75, 3.05) is 51.3 Å². The highest BCUT2D eigenvalue weighted by atomic mass is 32.2. The number of rotatable bonds is 16. The minimum absolute atomic E-state index is 0.0257. The standard InChI is InChI=1S/C35H54N12O4S/c1-2-3-4-5-6-7-8-9-32(49)40-27-10-13-29(14-11-27)52(50,51)45-30-15-12-28(18-31(30)48)41-33-42-34(46-19-23(36)16-24(37)20-46)44-35(43-33)47-21-25(38)17-26(39)22-47/h10-15,18,23-26,45,48H,2-9,16-17,19-22,36-39H2,1H3,(H,40,49)(H,41,42,43,44)/t23-,24+,25-,26+. The fourth-order valence-corrected chi connectivity index (χ4v) is 7.66. The Kier molecular flexibility index (Phi) is 13.4. The molecule has 12 N–H and O–H groups in total. The van der Waals surface area contributed by atoms with Crippen LogP contribution in [-0.2, 0) is 14.8 Å². The first kappa shape index (κ1) is 38.9. The third-order valence-electron chi connectivity index (χ3n) is 9.16. The second-order valence-electron chi connectivity index (χ2n) is 14.0. The molecule has 1 amide bonds. The van der Waals surface area contributed by atoms with Gasteiger partial charge in [0.25, 0.3) is 10.0 Å². The second kappa shape index (κ2) is 18.0. The molecule has 0 spiro atoms. The van der Waals surface area contributed by atoms with Gasteiger partial charge in [-0.15, -0.1) is 0 Å². The Morgan fingerprint density at radius 3 is 1.83 bits per heavy atom. The number of aromatic hydroxyl groups is 1. The molecule has 2 aliphatic rings. The van der Waals surface area contributed by atoms with E-state index < -0.39 is 10.0 Å². The number of phenols is 1. The zero-order chi connectivity index (χ0) is 37.3. The highest BCUT2D eigenvalue weighted by molar-refractivity contribution is 7.92. The van der Waals surface area contributed by atoms with Crippen molar-refractivity contribution < 1.29 is 18.3 Å². The molecule has 0 saturated carbocycles. The number of hydrogen-bond donors (Lipinski definition) is 8. The molecule has 52 heavy (non-hydrogen) atoms. The Hall–Kier alpha value is -4.29. The van der Waals surface area contributed by atoms with E-state index in [2.05, 4.69) is 32.2 Å². The Morgan fingerprint density at radius 2 is 1.29 bits per heavy atom. The molecule has 284 valence electrons. The lowest BCUT2D eigenvalue weighted by Gasteiger charge is -2.37. The van der Waals surface area contributed by atoms with E-state index in [1.54, 1.807) is 6.07 Å². The number of benzene rings is 2. The fraction of sp³-hybridized carbons (Fsp3) is 0.543. The van der Waals surface area contributed by atoms with Gasteiger partial charge in [0.2, 0.25) is 23.8 Å². The number of phenolic OH excluding ortho intramolecular Hbond substituents is 1. The van der Waals surface area contributed by atoms with Crippen molar-refractivity contribution in [3.8, 4) is 5.75 Å². The lowest BCUT2D eigenvalue weighted by molar-refractivity contribution is -0.116. The molecule has 3 heterocycles. The monoisotopic (exact) mass is 738 g/mol. The Bertz CT molecular complexity index is 1680. The molecule has 2 saturated heterocycles. The predicted octanol–water partition coefficient (Wildman–Crippen LogP) is 2.93. The first-order valence-corrected chi connectivity index (χ1v) is 19.7. The Morgan fingerprint density at radius 1 is 0.769 bits per heavy atom. The largest absolute Gasteiger partial charge is 0.506 e. The number of carbonyl (C=O) groups excluding carboxylic acids is 1. The van der Waals surface area contributed by atoms with Crippen LogP contribution in [0.25, 0.3) is 0 Å². The smallest absolute Gasteiger partial charge is 0.262 e. The number of amides is 1. The molecule has 3 aromatic rings. The summed E-state index contributed by atoms with van der Waals surface area (Å²) in [7, 11) is -4.06. The average Bonchev–Trinajstić information content (AvgIpc) is 3.08. The van der Waals surface area contributed by atoms with Gasteiger partial charge in [-0.3, -0.25) is 9.52 Å². The second-order valence-corrected chi connectivity index (χ2v) is 15.7. The topological polar surface area (TPSA) is 257 Å². The van der Waals surface area contributed by atoms with Crippen LogP contribution in [0.3, 0.4) is 0 Å². The van der Waals surface area contributed by atoms with Crippen molar-refractivity contribution in [1.82, 2.24) is 15.0 Å². The Labute approximate surface area is 306 Å². The van der Waals surface area contributed by atoms with Crippen molar-refractivity contribution in [2.24, 2.45) is 22.9 Å². The van der Waals surface area contributed by atoms with Crippen molar-refractivity contribution >= 4 is 50.8 Å². The number of nitrogens with two attached hydrogens (primary N) is 4. The first-order chi connectivity index (χ1) is 24.9. The molecule has 0 unspecified atom stereocenters. The number of sulfonamides is 1. The van der Waals surface area contributed by atoms with E-state index in [0.717, 1.165) is 19.3 Å². The van der Waals surface area contributed by atoms with Crippen LogP contribution in [0.2, 0.25) is 0 Å². The summed E-state index contributed by atoms with van der Waals surface area (Å²) in [6, 6.07) is 9.69. The summed E-state index contributed by atoms with van der Waals surface area (Å²) in [4.78, 5) is 30.2. The highest BCUT2D eigenvalue weighted by Crippen LogP contribution is 2.31. The van der Waals surface area contributed by atoms with Gasteiger partial charge in [-0.2, -0.15) is 15.0 Å². The summed E-state index contributed by atoms with van der Waals surface area (Å²) < 4.78 is 28.8. The van der Waals surface area contributed by atoms with Crippen LogP contribution in [0.1, 0.15) is 71.1 Å². The zero-order valence-corrected chi connectivity index (χ0v) is 30.7. The SMILES string of the molecule is CCCCCCCCCC(=O)Nc1ccc(S(=O)(=O)Nc2ccc(Nc3nc(N4C[C@H](N)C[C@H](N)C4)nc(N4C[C@H](N)C[C@H](N)C4)n3)cc2O)cc1. The maximum Gasteiger partial charge on any atom is 0.262 e. The molecule has 2 aliphatic heterocycles. The number of anilines is 6. The van der Waals surface area contributed by atoms with Gasteiger partial charge in [-0.05, 0) is 55.7 Å². The lowest BCUT2D eigenvalue weighted by atomic mass is 10.0. The zero-order valence-electron chi connectivity index (χ0n) is 29.9. The van der Waals surface area contributed by atoms with E-state index in [0.29, 0.717) is 68.7 Å². The average molecular weight is 739 g/mol. The minimum atomic E-state index is -4.06. The van der Waals surface area contributed by atoms with Crippen LogP contribution < -0.4 is 48.1 Å². The molecule has 2 aromatic carbocycles. The van der Waals surface area contributed by atoms with Crippen LogP contribution in [0.4, 0.5) is 34.9 Å². The lowest BCUT2D eigenvalue weighted by Crippen LogP contribution is -2.54. The van der Waals surface area contributed by atoms with Crippen LogP contribution in [-0.4, -0.2) is 84.7 Å². The highest BCUT2D eigenvalue weighted by Gasteiger charge is 2.29. The number of unbranched alkanes of at least 4 members (excludes halogenated alkanes) is 6. The molecular formula is C35H54N12O4S. The van der Waals surface area contributed by atoms with Gasteiger partial charge >= 0.3 is 0 Å². The van der Waals surface area contributed by atoms with Crippen molar-refractivity contribution in [3.63, 3.8) is 0 Å². The maximum atomic E-state index is 13.2. The third kappa shape index (κ3) is 11.1. The Balaban J connectivity index is 1.23. The van der Waals surface area contributed by atoms with E-state index in [4.69, 9.17) is 27.9 Å². The quantitative estimate of drug-likeness (QED) is 0.0777. The summed E-state index contributed by atoms with van der Waals surface area (Å²) in [5, 5.41) is 16.8. The molecule has 0 aliphatic carbocycles. The molecule has 17 heteroatoms. The molecule has 4 atom stereocenters. The number of piperidine rings is 2. The van der Waals surface area contributed by atoms with Gasteiger partial charge in [0.05, 0.1) is 10.6 Å². The van der Waals surface area contributed by atoms with Crippen LogP contribution in [0.5, 0.6) is 5.75 Å². The normalized spacial score (nSPS) is 20.8. The summed E-state index contributed by atoms with van der Waals surface area (Å²) in [6.07, 6.45) is 9.62. The minimum Gasteiger partial charge on any atom is -0.506 e. The van der Waals surface area contributed by atoms with E-state index in [1.165, 1.54) is 62.1 Å². The van der Waals surface area contributed by atoms with Crippen LogP contribution >= 0.6 is 0 Å². The van der Waals surface area contributed by atoms with Gasteiger partial charge < -0.3 is 48.5 Å². The summed E-state index contributed by atoms with van der Waals surface area (Å²) in [5.74, 6) is 0.544. The van der Waals surface area contributed by atoms with Crippen molar-refractivity contribution in [2.45, 2.75) is 100 Å². The van der Waals surface area contributed by atoms with Gasteiger partial charge in [-0.25, -0.2) is 8.42 Å². The van der Waals surface area contributed by atoms with Crippen molar-refractivity contribution in [3.05, 3.63) is 42.5 Å². The molecule has 0 bridgehead atoms. The van der Waals surface area contributed by atoms with Gasteiger partial charge in [0, 0.05) is 74.2 Å². The number of aromatic nitrogens is 3. The molecule has 2 fully saturated rings. The van der Waals surface area contributed by atoms with Gasteiger partial charge in [-0.1, -0.05) is 45.4 Å². The number of nitrogens with zero attached hydrogens (tertiary/aromatic N) is 5. The summed E-state index contributed by atoms with van der Waals surface area (Å²) >= 11 is 0. The third-order valence-corrected chi connectivity index (χ3v) is 10.5. The van der Waals surface area contributed by atoms with E-state index in [9.17, 15) is 18.3 Å². The maximum absolute atomic E-state index is 13.2.